The molecule has 1 aromatic carbocycles. The van der Waals surface area contributed by atoms with Gasteiger partial charge < -0.3 is 23.9 Å². The van der Waals surface area contributed by atoms with E-state index in [1.165, 1.54) is 0 Å². The normalized spacial score (nSPS) is 10.4. The summed E-state index contributed by atoms with van der Waals surface area (Å²) in [5, 5.41) is 0. The summed E-state index contributed by atoms with van der Waals surface area (Å²) in [5.74, 6) is 1.09. The maximum absolute atomic E-state index is 12.0. The van der Waals surface area contributed by atoms with Crippen LogP contribution in [0.25, 0.3) is 11.1 Å². The van der Waals surface area contributed by atoms with Crippen molar-refractivity contribution in [3.63, 3.8) is 0 Å². The van der Waals surface area contributed by atoms with E-state index in [4.69, 9.17) is 18.9 Å². The average Bonchev–Trinajstić information content (AvgIpc) is 2.88. The van der Waals surface area contributed by atoms with Crippen LogP contribution in [0.15, 0.2) is 21.2 Å². The lowest BCUT2D eigenvalue weighted by Crippen LogP contribution is -2.05. The quantitative estimate of drug-likeness (QED) is 0.644. The Morgan fingerprint density at radius 3 is 2.12 bits per heavy atom. The van der Waals surface area contributed by atoms with Gasteiger partial charge >= 0.3 is 5.97 Å². The molecule has 0 aliphatic rings. The maximum atomic E-state index is 12.0. The summed E-state index contributed by atoms with van der Waals surface area (Å²) in [7, 11) is 4.64. The van der Waals surface area contributed by atoms with Gasteiger partial charge in [0, 0.05) is 5.56 Å². The van der Waals surface area contributed by atoms with E-state index in [9.17, 15) is 4.79 Å². The Bertz CT molecular complexity index is 732. The van der Waals surface area contributed by atoms with E-state index < -0.39 is 5.97 Å². The molecule has 2 aromatic rings. The minimum atomic E-state index is -0.441. The first-order valence-corrected chi connectivity index (χ1v) is 8.61. The number of aromatic amines is 1. The van der Waals surface area contributed by atoms with Crippen LogP contribution in [0.3, 0.4) is 0 Å². The zero-order valence-corrected chi connectivity index (χ0v) is 16.8. The number of H-pyrrole nitrogens is 1. The SMILES string of the molecule is CCOC(=O)c1[nH]c(Br)c(-c2cc(OC)c(OC)c(OC)c2)c1Br. The highest BCUT2D eigenvalue weighted by Crippen LogP contribution is 2.45. The number of ether oxygens (including phenoxy) is 4. The maximum Gasteiger partial charge on any atom is 0.355 e. The molecule has 0 fully saturated rings. The lowest BCUT2D eigenvalue weighted by Gasteiger charge is -2.14. The van der Waals surface area contributed by atoms with Crippen molar-refractivity contribution in [2.24, 2.45) is 0 Å². The van der Waals surface area contributed by atoms with Crippen LogP contribution in [0.2, 0.25) is 0 Å². The van der Waals surface area contributed by atoms with Crippen LogP contribution >= 0.6 is 31.9 Å². The fourth-order valence-electron chi connectivity index (χ4n) is 2.27. The summed E-state index contributed by atoms with van der Waals surface area (Å²) in [6.45, 7) is 2.05. The molecule has 0 unspecified atom stereocenters. The molecule has 2 rings (SSSR count). The Kier molecular flexibility index (Phi) is 6.17. The van der Waals surface area contributed by atoms with E-state index in [0.717, 1.165) is 11.1 Å². The third kappa shape index (κ3) is 3.39. The first-order valence-electron chi connectivity index (χ1n) is 7.02. The fraction of sp³-hybridized carbons (Fsp3) is 0.312. The molecule has 8 heteroatoms. The Hall–Kier alpha value is -1.67. The van der Waals surface area contributed by atoms with E-state index in [1.807, 2.05) is 0 Å². The van der Waals surface area contributed by atoms with Gasteiger partial charge in [-0.3, -0.25) is 0 Å². The zero-order chi connectivity index (χ0) is 17.9. The topological polar surface area (TPSA) is 69.8 Å². The Labute approximate surface area is 156 Å². The van der Waals surface area contributed by atoms with Gasteiger partial charge in [0.15, 0.2) is 11.5 Å². The van der Waals surface area contributed by atoms with Gasteiger partial charge in [-0.1, -0.05) is 0 Å². The van der Waals surface area contributed by atoms with Crippen LogP contribution < -0.4 is 14.2 Å². The van der Waals surface area contributed by atoms with Gasteiger partial charge in [0.1, 0.15) is 5.69 Å². The number of carbonyl (C=O) groups is 1. The molecule has 130 valence electrons. The predicted molar refractivity (Wildman–Crippen MR) is 97.2 cm³/mol. The van der Waals surface area contributed by atoms with E-state index in [-0.39, 0.29) is 0 Å². The van der Waals surface area contributed by atoms with Crippen LogP contribution in [0.5, 0.6) is 17.2 Å². The van der Waals surface area contributed by atoms with E-state index in [1.54, 1.807) is 40.4 Å². The van der Waals surface area contributed by atoms with Crippen LogP contribution in [0.4, 0.5) is 0 Å². The van der Waals surface area contributed by atoms with Crippen molar-refractivity contribution in [3.05, 3.63) is 26.9 Å². The van der Waals surface area contributed by atoms with Crippen molar-refractivity contribution >= 4 is 37.8 Å². The first kappa shape index (κ1) is 18.7. The van der Waals surface area contributed by atoms with Crippen molar-refractivity contribution in [1.82, 2.24) is 4.98 Å². The van der Waals surface area contributed by atoms with Gasteiger partial charge in [0.2, 0.25) is 5.75 Å². The lowest BCUT2D eigenvalue weighted by atomic mass is 10.1. The van der Waals surface area contributed by atoms with Crippen molar-refractivity contribution in [1.29, 1.82) is 0 Å². The second kappa shape index (κ2) is 7.94. The summed E-state index contributed by atoms with van der Waals surface area (Å²) < 4.78 is 22.3. The monoisotopic (exact) mass is 461 g/mol. The predicted octanol–water partition coefficient (Wildman–Crippen LogP) is 4.41. The molecule has 0 radical (unpaired) electrons. The van der Waals surface area contributed by atoms with Crippen molar-refractivity contribution in [3.8, 4) is 28.4 Å². The molecule has 0 saturated heterocycles. The number of hydrogen-bond donors (Lipinski definition) is 1. The number of nitrogens with one attached hydrogen (secondary N) is 1. The second-order valence-electron chi connectivity index (χ2n) is 4.64. The summed E-state index contributed by atoms with van der Waals surface area (Å²) >= 11 is 6.91. The largest absolute Gasteiger partial charge is 0.493 e. The third-order valence-corrected chi connectivity index (χ3v) is 4.71. The van der Waals surface area contributed by atoms with Gasteiger partial charge in [-0.15, -0.1) is 0 Å². The molecule has 6 nitrogen and oxygen atoms in total. The van der Waals surface area contributed by atoms with Crippen LogP contribution in [0.1, 0.15) is 17.4 Å². The fourth-order valence-corrected chi connectivity index (χ4v) is 3.85. The minimum Gasteiger partial charge on any atom is -0.493 e. The molecule has 0 amide bonds. The molecule has 1 N–H and O–H groups in total. The Morgan fingerprint density at radius 2 is 1.67 bits per heavy atom. The molecule has 24 heavy (non-hydrogen) atoms. The average molecular weight is 463 g/mol. The lowest BCUT2D eigenvalue weighted by molar-refractivity contribution is 0.0519. The van der Waals surface area contributed by atoms with Gasteiger partial charge in [-0.25, -0.2) is 4.79 Å². The van der Waals surface area contributed by atoms with Crippen molar-refractivity contribution in [2.45, 2.75) is 6.92 Å². The standard InChI is InChI=1S/C16H17Br2NO5/c1-5-24-16(20)13-12(17)11(15(18)19-13)8-6-9(21-2)14(23-4)10(7-8)22-3/h6-7,19H,5H2,1-4H3. The van der Waals surface area contributed by atoms with E-state index >= 15 is 0 Å². The number of aromatic nitrogens is 1. The van der Waals surface area contributed by atoms with Crippen molar-refractivity contribution < 1.29 is 23.7 Å². The van der Waals surface area contributed by atoms with Gasteiger partial charge in [-0.05, 0) is 56.5 Å². The molecule has 0 aliphatic heterocycles. The smallest absolute Gasteiger partial charge is 0.355 e. The highest BCUT2D eigenvalue weighted by Gasteiger charge is 2.24. The van der Waals surface area contributed by atoms with Crippen LogP contribution in [-0.2, 0) is 4.74 Å². The number of rotatable bonds is 6. The first-order chi connectivity index (χ1) is 11.5. The van der Waals surface area contributed by atoms with Crippen molar-refractivity contribution in [2.75, 3.05) is 27.9 Å². The molecule has 0 saturated carbocycles. The highest BCUT2D eigenvalue weighted by molar-refractivity contribution is 9.11. The Balaban J connectivity index is 2.62. The molecule has 0 aliphatic carbocycles. The number of benzene rings is 1. The van der Waals surface area contributed by atoms with Gasteiger partial charge in [0.25, 0.3) is 0 Å². The van der Waals surface area contributed by atoms with Crippen LogP contribution in [0, 0.1) is 0 Å². The van der Waals surface area contributed by atoms with E-state index in [0.29, 0.717) is 38.6 Å². The number of esters is 1. The van der Waals surface area contributed by atoms with Crippen LogP contribution in [-0.4, -0.2) is 38.9 Å². The second-order valence-corrected chi connectivity index (χ2v) is 6.22. The summed E-state index contributed by atoms with van der Waals surface area (Å²) in [4.78, 5) is 15.0. The molecule has 0 atom stereocenters. The highest BCUT2D eigenvalue weighted by atomic mass is 79.9. The summed E-state index contributed by atoms with van der Waals surface area (Å²) in [6.07, 6.45) is 0. The van der Waals surface area contributed by atoms with E-state index in [2.05, 4.69) is 36.8 Å². The minimum absolute atomic E-state index is 0.293. The number of carbonyl (C=O) groups excluding carboxylic acids is 1. The summed E-state index contributed by atoms with van der Waals surface area (Å²) in [5.41, 5.74) is 1.85. The summed E-state index contributed by atoms with van der Waals surface area (Å²) in [6, 6.07) is 3.60. The molecule has 1 aromatic heterocycles. The molecule has 0 bridgehead atoms. The Morgan fingerprint density at radius 1 is 1.08 bits per heavy atom. The molecular weight excluding hydrogens is 446 g/mol. The zero-order valence-electron chi connectivity index (χ0n) is 13.7. The van der Waals surface area contributed by atoms with Gasteiger partial charge in [-0.2, -0.15) is 0 Å². The molecule has 0 spiro atoms. The molecule has 1 heterocycles. The molecular formula is C16H17Br2NO5. The number of hydrogen-bond acceptors (Lipinski definition) is 5. The number of methoxy groups -OCH3 is 3. The number of halogens is 2. The third-order valence-electron chi connectivity index (χ3n) is 3.33. The van der Waals surface area contributed by atoms with Gasteiger partial charge in [0.05, 0.1) is 37.0 Å².